The second-order valence-corrected chi connectivity index (χ2v) is 4.37. The maximum atomic E-state index is 11.1. The fourth-order valence-corrected chi connectivity index (χ4v) is 1.83. The van der Waals surface area contributed by atoms with Gasteiger partial charge in [0.05, 0.1) is 17.2 Å². The number of pyridine rings is 1. The van der Waals surface area contributed by atoms with E-state index in [2.05, 4.69) is 20.3 Å². The van der Waals surface area contributed by atoms with E-state index in [1.807, 2.05) is 25.1 Å². The van der Waals surface area contributed by atoms with Crippen molar-refractivity contribution in [1.29, 1.82) is 0 Å². The Balaban J connectivity index is 2.30. The topological polar surface area (TPSA) is 97.1 Å². The molecule has 0 aliphatic carbocycles. The van der Waals surface area contributed by atoms with Gasteiger partial charge >= 0.3 is 5.69 Å². The lowest BCUT2D eigenvalue weighted by atomic mass is 10.3. The highest BCUT2D eigenvalue weighted by Crippen LogP contribution is 2.26. The fourth-order valence-electron chi connectivity index (χ4n) is 1.83. The first-order chi connectivity index (χ1) is 10.1. The summed E-state index contributed by atoms with van der Waals surface area (Å²) in [5.41, 5.74) is 0.674. The summed E-state index contributed by atoms with van der Waals surface area (Å²) < 4.78 is 0. The van der Waals surface area contributed by atoms with Crippen LogP contribution in [0.25, 0.3) is 0 Å². The standard InChI is InChI=1S/C13H16N6O2/c1-3-14-13-16-8-11(19(20)21)12(17-13)18(2)9-10-6-4-5-7-15-10/h4-8H,3,9H2,1-2H3,(H,14,16,17). The molecule has 0 amide bonds. The fraction of sp³-hybridized carbons (Fsp3) is 0.308. The molecule has 0 aliphatic heterocycles. The summed E-state index contributed by atoms with van der Waals surface area (Å²) >= 11 is 0. The van der Waals surface area contributed by atoms with E-state index in [1.165, 1.54) is 6.20 Å². The minimum absolute atomic E-state index is 0.130. The van der Waals surface area contributed by atoms with Gasteiger partial charge in [-0.15, -0.1) is 0 Å². The lowest BCUT2D eigenvalue weighted by molar-refractivity contribution is -0.384. The summed E-state index contributed by atoms with van der Waals surface area (Å²) in [4.78, 5) is 24.7. The van der Waals surface area contributed by atoms with Gasteiger partial charge in [0.2, 0.25) is 11.8 Å². The van der Waals surface area contributed by atoms with Crippen molar-refractivity contribution in [2.75, 3.05) is 23.8 Å². The molecule has 1 N–H and O–H groups in total. The summed E-state index contributed by atoms with van der Waals surface area (Å²) in [6, 6.07) is 5.54. The van der Waals surface area contributed by atoms with Crippen LogP contribution in [-0.4, -0.2) is 33.5 Å². The number of nitro groups is 1. The molecule has 0 radical (unpaired) electrons. The summed E-state index contributed by atoms with van der Waals surface area (Å²) in [5, 5.41) is 14.1. The monoisotopic (exact) mass is 288 g/mol. The van der Waals surface area contributed by atoms with Crippen LogP contribution in [0.4, 0.5) is 17.5 Å². The van der Waals surface area contributed by atoms with Crippen molar-refractivity contribution < 1.29 is 4.92 Å². The average Bonchev–Trinajstić information content (AvgIpc) is 2.48. The van der Waals surface area contributed by atoms with Crippen LogP contribution in [0.3, 0.4) is 0 Å². The van der Waals surface area contributed by atoms with Gasteiger partial charge in [0, 0.05) is 19.8 Å². The van der Waals surface area contributed by atoms with Gasteiger partial charge in [-0.1, -0.05) is 6.07 Å². The molecule has 8 nitrogen and oxygen atoms in total. The molecule has 0 saturated carbocycles. The number of hydrogen-bond donors (Lipinski definition) is 1. The van der Waals surface area contributed by atoms with Gasteiger partial charge in [-0.3, -0.25) is 15.1 Å². The molecule has 0 saturated heterocycles. The van der Waals surface area contributed by atoms with Gasteiger partial charge in [-0.2, -0.15) is 4.98 Å². The number of hydrogen-bond acceptors (Lipinski definition) is 7. The van der Waals surface area contributed by atoms with E-state index < -0.39 is 4.92 Å². The maximum absolute atomic E-state index is 11.1. The molecular formula is C13H16N6O2. The number of nitrogens with zero attached hydrogens (tertiary/aromatic N) is 5. The van der Waals surface area contributed by atoms with E-state index >= 15 is 0 Å². The molecule has 2 aromatic rings. The van der Waals surface area contributed by atoms with Crippen LogP contribution in [0.2, 0.25) is 0 Å². The highest BCUT2D eigenvalue weighted by atomic mass is 16.6. The molecule has 110 valence electrons. The number of anilines is 2. The van der Waals surface area contributed by atoms with Gasteiger partial charge in [0.15, 0.2) is 0 Å². The minimum Gasteiger partial charge on any atom is -0.354 e. The Kier molecular flexibility index (Phi) is 4.60. The molecule has 0 aromatic carbocycles. The van der Waals surface area contributed by atoms with Crippen LogP contribution in [0.5, 0.6) is 0 Å². The van der Waals surface area contributed by atoms with Crippen molar-refractivity contribution in [3.8, 4) is 0 Å². The Morgan fingerprint density at radius 3 is 2.81 bits per heavy atom. The molecule has 2 aromatic heterocycles. The van der Waals surface area contributed by atoms with Crippen LogP contribution in [0.1, 0.15) is 12.6 Å². The zero-order valence-corrected chi connectivity index (χ0v) is 11.9. The van der Waals surface area contributed by atoms with Crippen molar-refractivity contribution in [3.05, 3.63) is 46.4 Å². The lowest BCUT2D eigenvalue weighted by Crippen LogP contribution is -2.20. The molecular weight excluding hydrogens is 272 g/mol. The van der Waals surface area contributed by atoms with E-state index in [0.717, 1.165) is 5.69 Å². The predicted molar refractivity (Wildman–Crippen MR) is 79.2 cm³/mol. The zero-order chi connectivity index (χ0) is 15.2. The number of rotatable bonds is 6. The molecule has 0 atom stereocenters. The van der Waals surface area contributed by atoms with Crippen LogP contribution in [0.15, 0.2) is 30.6 Å². The van der Waals surface area contributed by atoms with Gasteiger partial charge in [-0.25, -0.2) is 4.98 Å². The molecule has 2 heterocycles. The van der Waals surface area contributed by atoms with Crippen molar-refractivity contribution in [2.45, 2.75) is 13.5 Å². The van der Waals surface area contributed by atoms with Crippen molar-refractivity contribution in [2.24, 2.45) is 0 Å². The third-order valence-electron chi connectivity index (χ3n) is 2.77. The van der Waals surface area contributed by atoms with Gasteiger partial charge in [0.25, 0.3) is 0 Å². The van der Waals surface area contributed by atoms with Crippen molar-refractivity contribution in [3.63, 3.8) is 0 Å². The predicted octanol–water partition coefficient (Wildman–Crippen LogP) is 1.85. The third kappa shape index (κ3) is 3.62. The Morgan fingerprint density at radius 1 is 1.38 bits per heavy atom. The Labute approximate surface area is 122 Å². The zero-order valence-electron chi connectivity index (χ0n) is 11.9. The second-order valence-electron chi connectivity index (χ2n) is 4.37. The molecule has 0 aliphatic rings. The Morgan fingerprint density at radius 2 is 2.19 bits per heavy atom. The van der Waals surface area contributed by atoms with Crippen molar-refractivity contribution >= 4 is 17.5 Å². The van der Waals surface area contributed by atoms with Crippen molar-refractivity contribution in [1.82, 2.24) is 15.0 Å². The summed E-state index contributed by atoms with van der Waals surface area (Å²) in [7, 11) is 1.74. The highest BCUT2D eigenvalue weighted by Gasteiger charge is 2.21. The molecule has 0 bridgehead atoms. The molecule has 0 spiro atoms. The summed E-state index contributed by atoms with van der Waals surface area (Å²) in [6.07, 6.45) is 2.90. The molecule has 0 fully saturated rings. The van der Waals surface area contributed by atoms with Gasteiger partial charge in [0.1, 0.15) is 6.20 Å². The lowest BCUT2D eigenvalue weighted by Gasteiger charge is -2.18. The SMILES string of the molecule is CCNc1ncc([N+](=O)[O-])c(N(C)Cc2ccccn2)n1. The third-order valence-corrected chi connectivity index (χ3v) is 2.77. The first-order valence-electron chi connectivity index (χ1n) is 6.48. The largest absolute Gasteiger partial charge is 0.354 e. The second kappa shape index (κ2) is 6.60. The van der Waals surface area contributed by atoms with E-state index in [9.17, 15) is 10.1 Å². The first kappa shape index (κ1) is 14.6. The van der Waals surface area contributed by atoms with E-state index in [-0.39, 0.29) is 11.5 Å². The minimum atomic E-state index is -0.486. The molecule has 0 unspecified atom stereocenters. The van der Waals surface area contributed by atoms with Crippen LogP contribution in [0, 0.1) is 10.1 Å². The molecule has 8 heteroatoms. The van der Waals surface area contributed by atoms with E-state index in [4.69, 9.17) is 0 Å². The maximum Gasteiger partial charge on any atom is 0.329 e. The molecule has 2 rings (SSSR count). The highest BCUT2D eigenvalue weighted by molar-refractivity contribution is 5.58. The van der Waals surface area contributed by atoms with E-state index in [0.29, 0.717) is 19.0 Å². The van der Waals surface area contributed by atoms with Crippen LogP contribution < -0.4 is 10.2 Å². The summed E-state index contributed by atoms with van der Waals surface area (Å²) in [5.74, 6) is 0.627. The summed E-state index contributed by atoms with van der Waals surface area (Å²) in [6.45, 7) is 2.97. The van der Waals surface area contributed by atoms with Gasteiger partial charge in [-0.05, 0) is 19.1 Å². The van der Waals surface area contributed by atoms with Crippen LogP contribution >= 0.6 is 0 Å². The first-order valence-corrected chi connectivity index (χ1v) is 6.48. The normalized spacial score (nSPS) is 10.2. The quantitative estimate of drug-likeness (QED) is 0.639. The molecule has 21 heavy (non-hydrogen) atoms. The van der Waals surface area contributed by atoms with Crippen LogP contribution in [-0.2, 0) is 6.54 Å². The smallest absolute Gasteiger partial charge is 0.329 e. The number of aromatic nitrogens is 3. The van der Waals surface area contributed by atoms with Gasteiger partial charge < -0.3 is 10.2 Å². The average molecular weight is 288 g/mol. The van der Waals surface area contributed by atoms with E-state index in [1.54, 1.807) is 18.1 Å². The Hall–Kier alpha value is -2.77. The number of nitrogens with one attached hydrogen (secondary N) is 1. The Bertz CT molecular complexity index is 619.